The quantitative estimate of drug-likeness (QED) is 0.811. The molecular formula is C15H25N3O2. The fraction of sp³-hybridized carbons (Fsp3) is 0.867. The first kappa shape index (κ1) is 13.9. The van der Waals surface area contributed by atoms with Crippen LogP contribution in [-0.4, -0.2) is 58.9 Å². The number of carbonyl (C=O) groups excluding carboxylic acids is 2. The van der Waals surface area contributed by atoms with Gasteiger partial charge in [0, 0.05) is 31.6 Å². The molecule has 0 aromatic rings. The van der Waals surface area contributed by atoms with Crippen LogP contribution in [0.4, 0.5) is 0 Å². The van der Waals surface area contributed by atoms with Crippen molar-refractivity contribution < 1.29 is 9.59 Å². The van der Waals surface area contributed by atoms with Gasteiger partial charge in [0.05, 0.1) is 0 Å². The lowest BCUT2D eigenvalue weighted by Crippen LogP contribution is -2.58. The smallest absolute Gasteiger partial charge is 0.248 e. The van der Waals surface area contributed by atoms with E-state index >= 15 is 0 Å². The third-order valence-electron chi connectivity index (χ3n) is 5.41. The molecule has 112 valence electrons. The maximum Gasteiger partial charge on any atom is 0.248 e. The summed E-state index contributed by atoms with van der Waals surface area (Å²) in [4.78, 5) is 29.3. The van der Waals surface area contributed by atoms with Gasteiger partial charge in [-0.3, -0.25) is 14.5 Å². The minimum absolute atomic E-state index is 0.00600. The highest BCUT2D eigenvalue weighted by Gasteiger charge is 2.47. The summed E-state index contributed by atoms with van der Waals surface area (Å²) in [5.74, 6) is 0.121. The maximum atomic E-state index is 12.9. The molecule has 0 aliphatic carbocycles. The van der Waals surface area contributed by atoms with Crippen molar-refractivity contribution in [1.29, 1.82) is 0 Å². The van der Waals surface area contributed by atoms with E-state index in [1.165, 1.54) is 19.4 Å². The van der Waals surface area contributed by atoms with Crippen molar-refractivity contribution in [2.45, 2.75) is 63.6 Å². The Hall–Kier alpha value is -1.10. The van der Waals surface area contributed by atoms with E-state index in [4.69, 9.17) is 0 Å². The minimum atomic E-state index is -0.723. The van der Waals surface area contributed by atoms with Gasteiger partial charge in [0.2, 0.25) is 11.8 Å². The van der Waals surface area contributed by atoms with Crippen LogP contribution in [0, 0.1) is 0 Å². The molecule has 3 saturated heterocycles. The van der Waals surface area contributed by atoms with E-state index in [1.807, 2.05) is 18.7 Å². The summed E-state index contributed by atoms with van der Waals surface area (Å²) in [6, 6.07) is 0.830. The SMILES string of the molecule is CCC1(C)NC(=O)CCN(C2CCN3CCCC23)C1=O. The third-order valence-corrected chi connectivity index (χ3v) is 5.41. The second-order valence-corrected chi connectivity index (χ2v) is 6.58. The van der Waals surface area contributed by atoms with Crippen molar-refractivity contribution in [2.24, 2.45) is 0 Å². The zero-order valence-corrected chi connectivity index (χ0v) is 12.5. The molecule has 0 aromatic carbocycles. The van der Waals surface area contributed by atoms with E-state index in [9.17, 15) is 9.59 Å². The number of fused-ring (bicyclic) bond motifs is 1. The second-order valence-electron chi connectivity index (χ2n) is 6.58. The molecule has 3 aliphatic heterocycles. The first-order valence-electron chi connectivity index (χ1n) is 7.91. The van der Waals surface area contributed by atoms with Gasteiger partial charge < -0.3 is 10.2 Å². The number of hydrogen-bond acceptors (Lipinski definition) is 3. The maximum absolute atomic E-state index is 12.9. The zero-order valence-electron chi connectivity index (χ0n) is 12.5. The lowest BCUT2D eigenvalue weighted by molar-refractivity contribution is -0.140. The molecule has 5 heteroatoms. The molecule has 3 heterocycles. The van der Waals surface area contributed by atoms with Crippen molar-refractivity contribution in [3.05, 3.63) is 0 Å². The van der Waals surface area contributed by atoms with Crippen LogP contribution in [0.15, 0.2) is 0 Å². The van der Waals surface area contributed by atoms with Gasteiger partial charge >= 0.3 is 0 Å². The van der Waals surface area contributed by atoms with Crippen LogP contribution in [0.2, 0.25) is 0 Å². The molecule has 3 rings (SSSR count). The molecule has 3 atom stereocenters. The van der Waals surface area contributed by atoms with Gasteiger partial charge in [-0.1, -0.05) is 6.92 Å². The van der Waals surface area contributed by atoms with Gasteiger partial charge in [-0.15, -0.1) is 0 Å². The largest absolute Gasteiger partial charge is 0.342 e. The molecular weight excluding hydrogens is 254 g/mol. The normalized spacial score (nSPS) is 38.8. The summed E-state index contributed by atoms with van der Waals surface area (Å²) in [6.45, 7) is 6.69. The molecule has 3 unspecified atom stereocenters. The lowest BCUT2D eigenvalue weighted by Gasteiger charge is -2.37. The summed E-state index contributed by atoms with van der Waals surface area (Å²) in [6.07, 6.45) is 4.58. The van der Waals surface area contributed by atoms with E-state index < -0.39 is 5.54 Å². The predicted octanol–water partition coefficient (Wildman–Crippen LogP) is 0.740. The fourth-order valence-electron chi connectivity index (χ4n) is 4.04. The van der Waals surface area contributed by atoms with Crippen LogP contribution < -0.4 is 5.32 Å². The fourth-order valence-corrected chi connectivity index (χ4v) is 4.04. The van der Waals surface area contributed by atoms with Gasteiger partial charge in [-0.05, 0) is 39.2 Å². The summed E-state index contributed by atoms with van der Waals surface area (Å²) >= 11 is 0. The number of amides is 2. The molecule has 0 spiro atoms. The monoisotopic (exact) mass is 279 g/mol. The number of carbonyl (C=O) groups is 2. The highest BCUT2D eigenvalue weighted by Crippen LogP contribution is 2.33. The Labute approximate surface area is 120 Å². The number of hydrogen-bond donors (Lipinski definition) is 1. The highest BCUT2D eigenvalue weighted by molar-refractivity contribution is 5.93. The summed E-state index contributed by atoms with van der Waals surface area (Å²) in [5.41, 5.74) is -0.723. The highest BCUT2D eigenvalue weighted by atomic mass is 16.2. The second kappa shape index (κ2) is 5.02. The Morgan fingerprint density at radius 1 is 1.20 bits per heavy atom. The van der Waals surface area contributed by atoms with E-state index in [-0.39, 0.29) is 11.8 Å². The summed E-state index contributed by atoms with van der Waals surface area (Å²) in [7, 11) is 0. The van der Waals surface area contributed by atoms with Gasteiger partial charge in [0.25, 0.3) is 0 Å². The van der Waals surface area contributed by atoms with Crippen LogP contribution in [0.5, 0.6) is 0 Å². The Morgan fingerprint density at radius 3 is 2.75 bits per heavy atom. The Balaban J connectivity index is 1.84. The number of nitrogens with zero attached hydrogens (tertiary/aromatic N) is 2. The standard InChI is InChI=1S/C15H25N3O2/c1-3-15(2)14(20)18(10-7-13(19)16-15)12-6-9-17-8-4-5-11(12)17/h11-12H,3-10H2,1-2H3,(H,16,19). The van der Waals surface area contributed by atoms with Gasteiger partial charge in [0.1, 0.15) is 5.54 Å². The third kappa shape index (κ3) is 2.12. The Morgan fingerprint density at radius 2 is 2.00 bits per heavy atom. The summed E-state index contributed by atoms with van der Waals surface area (Å²) in [5, 5.41) is 2.92. The average Bonchev–Trinajstić information content (AvgIpc) is 2.99. The zero-order chi connectivity index (χ0) is 14.3. The van der Waals surface area contributed by atoms with Crippen molar-refractivity contribution in [2.75, 3.05) is 19.6 Å². The molecule has 20 heavy (non-hydrogen) atoms. The Kier molecular flexibility index (Phi) is 3.48. The van der Waals surface area contributed by atoms with Crippen molar-refractivity contribution in [3.63, 3.8) is 0 Å². The van der Waals surface area contributed by atoms with E-state index in [2.05, 4.69) is 10.2 Å². The number of nitrogens with one attached hydrogen (secondary N) is 1. The molecule has 2 amide bonds. The molecule has 3 fully saturated rings. The van der Waals surface area contributed by atoms with Crippen molar-refractivity contribution >= 4 is 11.8 Å². The van der Waals surface area contributed by atoms with Crippen LogP contribution in [0.1, 0.15) is 46.0 Å². The first-order valence-corrected chi connectivity index (χ1v) is 7.91. The first-order chi connectivity index (χ1) is 9.55. The summed E-state index contributed by atoms with van der Waals surface area (Å²) < 4.78 is 0. The van der Waals surface area contributed by atoms with E-state index in [1.54, 1.807) is 0 Å². The van der Waals surface area contributed by atoms with Gasteiger partial charge in [-0.2, -0.15) is 0 Å². The van der Waals surface area contributed by atoms with Gasteiger partial charge in [0.15, 0.2) is 0 Å². The predicted molar refractivity (Wildman–Crippen MR) is 76.2 cm³/mol. The Bertz CT molecular complexity index is 425. The topological polar surface area (TPSA) is 52.7 Å². The molecule has 3 aliphatic rings. The van der Waals surface area contributed by atoms with Crippen LogP contribution in [-0.2, 0) is 9.59 Å². The molecule has 0 bridgehead atoms. The van der Waals surface area contributed by atoms with Crippen LogP contribution >= 0.6 is 0 Å². The molecule has 5 nitrogen and oxygen atoms in total. The van der Waals surface area contributed by atoms with E-state index in [0.717, 1.165) is 13.0 Å². The lowest BCUT2D eigenvalue weighted by atomic mass is 9.95. The number of rotatable bonds is 2. The van der Waals surface area contributed by atoms with E-state index in [0.29, 0.717) is 31.5 Å². The van der Waals surface area contributed by atoms with Crippen LogP contribution in [0.25, 0.3) is 0 Å². The van der Waals surface area contributed by atoms with Crippen LogP contribution in [0.3, 0.4) is 0 Å². The average molecular weight is 279 g/mol. The molecule has 0 aromatic heterocycles. The molecule has 1 N–H and O–H groups in total. The minimum Gasteiger partial charge on any atom is -0.342 e. The van der Waals surface area contributed by atoms with Gasteiger partial charge in [-0.25, -0.2) is 0 Å². The molecule has 0 radical (unpaired) electrons. The van der Waals surface area contributed by atoms with Crippen molar-refractivity contribution in [3.8, 4) is 0 Å². The molecule has 0 saturated carbocycles. The van der Waals surface area contributed by atoms with Crippen molar-refractivity contribution in [1.82, 2.24) is 15.1 Å².